The van der Waals surface area contributed by atoms with Crippen LogP contribution in [0.2, 0.25) is 0 Å². The number of esters is 1. The maximum absolute atomic E-state index is 13.3. The van der Waals surface area contributed by atoms with Gasteiger partial charge in [-0.2, -0.15) is 0 Å². The smallest absolute Gasteiger partial charge is 0.340 e. The van der Waals surface area contributed by atoms with Crippen molar-refractivity contribution in [2.45, 2.75) is 13.8 Å². The standard InChI is InChI=1S/C23H23NO6/c1-5-30-19-11-6-8-15(21(19)25)12-18-20(23(27)29-4)14(2)24(22(18)26)16-9-7-10-17(13-16)28-3/h6-13,25H,5H2,1-4H3/b18-12-. The summed E-state index contributed by atoms with van der Waals surface area (Å²) in [5.74, 6) is -0.295. The third-order valence-electron chi connectivity index (χ3n) is 4.73. The number of amides is 1. The molecule has 0 spiro atoms. The van der Waals surface area contributed by atoms with Gasteiger partial charge in [-0.1, -0.05) is 18.2 Å². The summed E-state index contributed by atoms with van der Waals surface area (Å²) in [6.45, 7) is 3.85. The number of benzene rings is 2. The maximum atomic E-state index is 13.3. The molecule has 7 nitrogen and oxygen atoms in total. The van der Waals surface area contributed by atoms with Gasteiger partial charge in [-0.3, -0.25) is 9.69 Å². The number of hydrogen-bond donors (Lipinski definition) is 1. The van der Waals surface area contributed by atoms with Gasteiger partial charge in [0.15, 0.2) is 11.5 Å². The molecular weight excluding hydrogens is 386 g/mol. The average Bonchev–Trinajstić information content (AvgIpc) is 3.00. The Morgan fingerprint density at radius 1 is 1.17 bits per heavy atom. The maximum Gasteiger partial charge on any atom is 0.340 e. The molecule has 0 radical (unpaired) electrons. The first-order valence-corrected chi connectivity index (χ1v) is 9.37. The highest BCUT2D eigenvalue weighted by Crippen LogP contribution is 2.38. The summed E-state index contributed by atoms with van der Waals surface area (Å²) in [7, 11) is 2.79. The number of carbonyl (C=O) groups excluding carboxylic acids is 2. The number of nitrogens with zero attached hydrogens (tertiary/aromatic N) is 1. The summed E-state index contributed by atoms with van der Waals surface area (Å²) >= 11 is 0. The summed E-state index contributed by atoms with van der Waals surface area (Å²) in [6, 6.07) is 11.9. The lowest BCUT2D eigenvalue weighted by Gasteiger charge is -2.18. The minimum atomic E-state index is -0.641. The van der Waals surface area contributed by atoms with Crippen molar-refractivity contribution in [3.8, 4) is 17.2 Å². The molecule has 0 saturated heterocycles. The summed E-state index contributed by atoms with van der Waals surface area (Å²) in [6.07, 6.45) is 1.47. The molecule has 0 aliphatic carbocycles. The van der Waals surface area contributed by atoms with E-state index in [1.54, 1.807) is 56.3 Å². The van der Waals surface area contributed by atoms with E-state index in [2.05, 4.69) is 0 Å². The van der Waals surface area contributed by atoms with E-state index in [4.69, 9.17) is 14.2 Å². The second-order valence-electron chi connectivity index (χ2n) is 6.48. The van der Waals surface area contributed by atoms with Crippen molar-refractivity contribution in [2.24, 2.45) is 0 Å². The zero-order chi connectivity index (χ0) is 21.8. The quantitative estimate of drug-likeness (QED) is 0.579. The van der Waals surface area contributed by atoms with E-state index in [1.807, 2.05) is 0 Å². The van der Waals surface area contributed by atoms with Crippen molar-refractivity contribution >= 4 is 23.6 Å². The molecule has 1 heterocycles. The Hall–Kier alpha value is -3.74. The number of anilines is 1. The number of phenolic OH excluding ortho intramolecular Hbond substituents is 1. The predicted octanol–water partition coefficient (Wildman–Crippen LogP) is 3.68. The van der Waals surface area contributed by atoms with E-state index in [0.717, 1.165) is 0 Å². The van der Waals surface area contributed by atoms with Gasteiger partial charge in [0.05, 0.1) is 37.7 Å². The summed E-state index contributed by atoms with van der Waals surface area (Å²) in [5.41, 5.74) is 1.57. The van der Waals surface area contributed by atoms with E-state index in [-0.39, 0.29) is 16.9 Å². The molecule has 1 N–H and O–H groups in total. The van der Waals surface area contributed by atoms with Gasteiger partial charge in [-0.25, -0.2) is 4.79 Å². The second kappa shape index (κ2) is 8.73. The number of phenols is 1. The summed E-state index contributed by atoms with van der Waals surface area (Å²) < 4.78 is 15.6. The molecule has 1 aliphatic heterocycles. The molecule has 0 aromatic heterocycles. The first-order valence-electron chi connectivity index (χ1n) is 9.37. The van der Waals surface area contributed by atoms with Gasteiger partial charge in [0, 0.05) is 17.3 Å². The molecule has 0 saturated carbocycles. The molecule has 1 amide bonds. The fourth-order valence-corrected chi connectivity index (χ4v) is 3.32. The van der Waals surface area contributed by atoms with E-state index < -0.39 is 11.9 Å². The van der Waals surface area contributed by atoms with Crippen molar-refractivity contribution in [3.63, 3.8) is 0 Å². The minimum absolute atomic E-state index is 0.110. The van der Waals surface area contributed by atoms with Crippen LogP contribution >= 0.6 is 0 Å². The first-order chi connectivity index (χ1) is 14.4. The normalized spacial score (nSPS) is 15.0. The molecule has 0 bridgehead atoms. The number of methoxy groups -OCH3 is 2. The van der Waals surface area contributed by atoms with Gasteiger partial charge in [-0.05, 0) is 38.1 Å². The van der Waals surface area contributed by atoms with Gasteiger partial charge in [-0.15, -0.1) is 0 Å². The van der Waals surface area contributed by atoms with E-state index in [9.17, 15) is 14.7 Å². The van der Waals surface area contributed by atoms with Crippen LogP contribution in [0.4, 0.5) is 5.69 Å². The molecule has 156 valence electrons. The van der Waals surface area contributed by atoms with Crippen molar-refractivity contribution in [1.82, 2.24) is 0 Å². The van der Waals surface area contributed by atoms with Gasteiger partial charge >= 0.3 is 5.97 Å². The van der Waals surface area contributed by atoms with E-state index in [0.29, 0.717) is 35.1 Å². The van der Waals surface area contributed by atoms with Crippen LogP contribution in [-0.4, -0.2) is 37.8 Å². The monoisotopic (exact) mass is 409 g/mol. The van der Waals surface area contributed by atoms with Gasteiger partial charge in [0.1, 0.15) is 5.75 Å². The second-order valence-corrected chi connectivity index (χ2v) is 6.48. The van der Waals surface area contributed by atoms with Crippen LogP contribution in [0.15, 0.2) is 59.3 Å². The highest BCUT2D eigenvalue weighted by atomic mass is 16.5. The number of allylic oxidation sites excluding steroid dienone is 1. The molecule has 0 fully saturated rings. The average molecular weight is 409 g/mol. The molecule has 0 atom stereocenters. The molecule has 7 heteroatoms. The van der Waals surface area contributed by atoms with Crippen molar-refractivity contribution in [2.75, 3.05) is 25.7 Å². The van der Waals surface area contributed by atoms with Crippen LogP contribution < -0.4 is 14.4 Å². The number of aromatic hydroxyl groups is 1. The summed E-state index contributed by atoms with van der Waals surface area (Å²) in [4.78, 5) is 27.3. The molecule has 30 heavy (non-hydrogen) atoms. The minimum Gasteiger partial charge on any atom is -0.504 e. The van der Waals surface area contributed by atoms with Crippen LogP contribution in [0.1, 0.15) is 19.4 Å². The first kappa shape index (κ1) is 21.0. The zero-order valence-corrected chi connectivity index (χ0v) is 17.3. The lowest BCUT2D eigenvalue weighted by molar-refractivity contribution is -0.136. The Morgan fingerprint density at radius 2 is 1.90 bits per heavy atom. The van der Waals surface area contributed by atoms with Crippen LogP contribution in [-0.2, 0) is 14.3 Å². The lowest BCUT2D eigenvalue weighted by Crippen LogP contribution is -2.24. The van der Waals surface area contributed by atoms with Crippen molar-refractivity contribution in [1.29, 1.82) is 0 Å². The molecule has 2 aromatic carbocycles. The van der Waals surface area contributed by atoms with Gasteiger partial charge < -0.3 is 19.3 Å². The number of hydrogen-bond acceptors (Lipinski definition) is 6. The number of carbonyl (C=O) groups is 2. The number of ether oxygens (including phenoxy) is 3. The highest BCUT2D eigenvalue weighted by Gasteiger charge is 2.38. The fourth-order valence-electron chi connectivity index (χ4n) is 3.32. The fraction of sp³-hybridized carbons (Fsp3) is 0.217. The van der Waals surface area contributed by atoms with Crippen molar-refractivity contribution in [3.05, 3.63) is 64.9 Å². The highest BCUT2D eigenvalue weighted by molar-refractivity contribution is 6.24. The van der Waals surface area contributed by atoms with Crippen LogP contribution in [0.3, 0.4) is 0 Å². The Kier molecular flexibility index (Phi) is 6.11. The lowest BCUT2D eigenvalue weighted by atomic mass is 10.0. The summed E-state index contributed by atoms with van der Waals surface area (Å²) in [5, 5.41) is 10.5. The number of para-hydroxylation sites is 1. The Morgan fingerprint density at radius 3 is 2.57 bits per heavy atom. The van der Waals surface area contributed by atoms with Crippen LogP contribution in [0.5, 0.6) is 17.2 Å². The van der Waals surface area contributed by atoms with Gasteiger partial charge in [0.25, 0.3) is 5.91 Å². The van der Waals surface area contributed by atoms with Gasteiger partial charge in [0.2, 0.25) is 0 Å². The predicted molar refractivity (Wildman–Crippen MR) is 112 cm³/mol. The van der Waals surface area contributed by atoms with Crippen LogP contribution in [0.25, 0.3) is 6.08 Å². The Bertz CT molecular complexity index is 1050. The largest absolute Gasteiger partial charge is 0.504 e. The van der Waals surface area contributed by atoms with Crippen molar-refractivity contribution < 1.29 is 28.9 Å². The molecular formula is C23H23NO6. The zero-order valence-electron chi connectivity index (χ0n) is 17.3. The van der Waals surface area contributed by atoms with Crippen LogP contribution in [0, 0.1) is 0 Å². The topological polar surface area (TPSA) is 85.3 Å². The Balaban J connectivity index is 2.15. The third kappa shape index (κ3) is 3.74. The third-order valence-corrected chi connectivity index (χ3v) is 4.73. The SMILES string of the molecule is CCOc1cccc(/C=C2\C(=O)N(c3cccc(OC)c3)C(C)=C2C(=O)OC)c1O. The molecule has 2 aromatic rings. The van der Waals surface area contributed by atoms with E-state index >= 15 is 0 Å². The van der Waals surface area contributed by atoms with E-state index in [1.165, 1.54) is 25.2 Å². The Labute approximate surface area is 174 Å². The molecule has 3 rings (SSSR count). The molecule has 1 aliphatic rings. The molecule has 0 unspecified atom stereocenters. The number of rotatable bonds is 6.